The van der Waals surface area contributed by atoms with E-state index in [1.54, 1.807) is 0 Å². The Bertz CT molecular complexity index is 1040. The average Bonchev–Trinajstić information content (AvgIpc) is 3.03. The number of amides is 1. The van der Waals surface area contributed by atoms with E-state index in [0.717, 1.165) is 30.6 Å². The van der Waals surface area contributed by atoms with Crippen LogP contribution in [0, 0.1) is 11.8 Å². The molecule has 3 aliphatic rings. The first-order chi connectivity index (χ1) is 13.5. The van der Waals surface area contributed by atoms with E-state index in [2.05, 4.69) is 48.9 Å². The van der Waals surface area contributed by atoms with Crippen molar-refractivity contribution in [2.45, 2.75) is 31.7 Å². The number of aromatic amines is 1. The number of H-pyrrole nitrogens is 1. The van der Waals surface area contributed by atoms with Gasteiger partial charge in [-0.1, -0.05) is 16.9 Å². The Morgan fingerprint density at radius 1 is 1.25 bits per heavy atom. The van der Waals surface area contributed by atoms with Crippen LogP contribution in [0.5, 0.6) is 0 Å². The third kappa shape index (κ3) is 2.52. The molecule has 10 nitrogen and oxygen atoms in total. The van der Waals surface area contributed by atoms with Crippen LogP contribution in [-0.4, -0.2) is 53.6 Å². The van der Waals surface area contributed by atoms with Crippen LogP contribution in [0.3, 0.4) is 0 Å². The lowest BCUT2D eigenvalue weighted by Gasteiger charge is -2.18. The Balaban J connectivity index is 1.37. The number of tetrazole rings is 1. The van der Waals surface area contributed by atoms with Gasteiger partial charge in [0.2, 0.25) is 0 Å². The molecule has 0 aliphatic heterocycles. The molecule has 0 bridgehead atoms. The van der Waals surface area contributed by atoms with Crippen LogP contribution in [0.15, 0.2) is 35.2 Å². The highest BCUT2D eigenvalue weighted by Gasteiger charge is 2.56. The number of fused-ring (bicyclic) bond motifs is 2. The van der Waals surface area contributed by atoms with Gasteiger partial charge in [0.15, 0.2) is 11.5 Å². The molecule has 1 unspecified atom stereocenters. The number of carboxylic acids is 1. The van der Waals surface area contributed by atoms with Gasteiger partial charge in [0.1, 0.15) is 12.0 Å². The molecule has 0 spiro atoms. The molecule has 2 saturated carbocycles. The normalized spacial score (nSPS) is 27.7. The van der Waals surface area contributed by atoms with E-state index in [-0.39, 0.29) is 23.3 Å². The molecule has 2 fully saturated rings. The first-order valence-corrected chi connectivity index (χ1v) is 9.06. The maximum absolute atomic E-state index is 12.6. The summed E-state index contributed by atoms with van der Waals surface area (Å²) < 4.78 is 0. The molecular weight excluding hydrogens is 362 g/mol. The van der Waals surface area contributed by atoms with Crippen LogP contribution in [0.25, 0.3) is 0 Å². The lowest BCUT2D eigenvalue weighted by atomic mass is 9.92. The summed E-state index contributed by atoms with van der Waals surface area (Å²) >= 11 is 0. The topological polar surface area (TPSA) is 147 Å². The number of aromatic nitrogens is 6. The molecule has 0 radical (unpaired) electrons. The zero-order valence-corrected chi connectivity index (χ0v) is 15.0. The van der Waals surface area contributed by atoms with Crippen LogP contribution in [0.2, 0.25) is 0 Å². The molecule has 4 atom stereocenters. The van der Waals surface area contributed by atoms with Gasteiger partial charge in [0, 0.05) is 12.0 Å². The van der Waals surface area contributed by atoms with Crippen LogP contribution in [-0.2, 0) is 0 Å². The van der Waals surface area contributed by atoms with Crippen molar-refractivity contribution >= 4 is 11.9 Å². The molecule has 0 aromatic carbocycles. The molecule has 2 heterocycles. The summed E-state index contributed by atoms with van der Waals surface area (Å²) in [5.74, 6) is 0.107. The minimum Gasteiger partial charge on any atom is -0.477 e. The molecule has 10 heteroatoms. The molecule has 2 aromatic heterocycles. The molecule has 2 aromatic rings. The van der Waals surface area contributed by atoms with Gasteiger partial charge in [-0.2, -0.15) is 5.21 Å². The van der Waals surface area contributed by atoms with Crippen LogP contribution in [0.1, 0.15) is 52.5 Å². The van der Waals surface area contributed by atoms with E-state index in [1.807, 2.05) is 0 Å². The van der Waals surface area contributed by atoms with E-state index >= 15 is 0 Å². The van der Waals surface area contributed by atoms with Crippen molar-refractivity contribution in [2.24, 2.45) is 11.8 Å². The van der Waals surface area contributed by atoms with E-state index in [9.17, 15) is 9.59 Å². The van der Waals surface area contributed by atoms with Crippen LogP contribution in [0.4, 0.5) is 0 Å². The molecule has 142 valence electrons. The molecular formula is C18H17N7O3. The summed E-state index contributed by atoms with van der Waals surface area (Å²) in [5.41, 5.74) is 3.62. The zero-order valence-electron chi connectivity index (χ0n) is 15.0. The molecule has 3 N–H and O–H groups in total. The molecule has 3 aliphatic carbocycles. The third-order valence-corrected chi connectivity index (χ3v) is 5.91. The van der Waals surface area contributed by atoms with E-state index < -0.39 is 11.9 Å². The Morgan fingerprint density at radius 3 is 2.82 bits per heavy atom. The number of carboxylic acid groups (broad SMARTS) is 1. The Morgan fingerprint density at radius 2 is 2.07 bits per heavy atom. The Labute approximate surface area is 159 Å². The number of aromatic carboxylic acids is 1. The molecule has 28 heavy (non-hydrogen) atoms. The highest BCUT2D eigenvalue weighted by Crippen LogP contribution is 2.62. The predicted molar refractivity (Wildman–Crippen MR) is 94.2 cm³/mol. The van der Waals surface area contributed by atoms with Gasteiger partial charge in [-0.3, -0.25) is 4.79 Å². The number of hydrogen-bond acceptors (Lipinski definition) is 7. The van der Waals surface area contributed by atoms with E-state index in [1.165, 1.54) is 17.2 Å². The predicted octanol–water partition coefficient (Wildman–Crippen LogP) is 0.866. The van der Waals surface area contributed by atoms with Gasteiger partial charge in [0.25, 0.3) is 5.91 Å². The second-order valence-corrected chi connectivity index (χ2v) is 7.34. The fourth-order valence-electron chi connectivity index (χ4n) is 4.57. The van der Waals surface area contributed by atoms with Crippen LogP contribution < -0.4 is 5.32 Å². The van der Waals surface area contributed by atoms with Gasteiger partial charge in [0.05, 0.1) is 6.04 Å². The van der Waals surface area contributed by atoms with Crippen molar-refractivity contribution in [1.82, 2.24) is 35.9 Å². The van der Waals surface area contributed by atoms with E-state index in [0.29, 0.717) is 11.8 Å². The maximum Gasteiger partial charge on any atom is 0.354 e. The number of carbonyl (C=O) groups is 2. The smallest absolute Gasteiger partial charge is 0.354 e. The van der Waals surface area contributed by atoms with Gasteiger partial charge in [-0.15, -0.1) is 10.2 Å². The van der Waals surface area contributed by atoms with E-state index in [4.69, 9.17) is 5.11 Å². The van der Waals surface area contributed by atoms with Crippen molar-refractivity contribution in [2.75, 3.05) is 0 Å². The van der Waals surface area contributed by atoms with Gasteiger partial charge in [-0.25, -0.2) is 14.8 Å². The number of allylic oxidation sites excluding steroid dienone is 2. The number of carbonyl (C=O) groups excluding carboxylic acids is 1. The summed E-state index contributed by atoms with van der Waals surface area (Å²) in [7, 11) is 0. The van der Waals surface area contributed by atoms with Crippen LogP contribution >= 0.6 is 0 Å². The maximum atomic E-state index is 12.6. The first-order valence-electron chi connectivity index (χ1n) is 9.06. The summed E-state index contributed by atoms with van der Waals surface area (Å²) in [5, 5.41) is 26.5. The number of nitrogens with one attached hydrogen (secondary N) is 2. The quantitative estimate of drug-likeness (QED) is 0.709. The van der Waals surface area contributed by atoms with Gasteiger partial charge < -0.3 is 10.4 Å². The summed E-state index contributed by atoms with van der Waals surface area (Å²) in [6, 6.07) is 1.07. The summed E-state index contributed by atoms with van der Waals surface area (Å²) in [6.07, 6.45) is 5.03. The minimum absolute atomic E-state index is 0.0481. The fourth-order valence-corrected chi connectivity index (χ4v) is 4.57. The Hall–Kier alpha value is -3.43. The number of rotatable bonds is 4. The Kier molecular flexibility index (Phi) is 3.61. The van der Waals surface area contributed by atoms with Crippen molar-refractivity contribution in [1.29, 1.82) is 0 Å². The second kappa shape index (κ2) is 6.04. The SMILES string of the molecule is CC1=C2CC[C@H](NC(=O)c3cc(C(=O)O)ncn3)C2=CC2[C@@H]1[C@H]2c1nn[nH]n1. The van der Waals surface area contributed by atoms with Gasteiger partial charge in [-0.05, 0) is 42.7 Å². The number of nitrogens with zero attached hydrogens (tertiary/aromatic N) is 5. The van der Waals surface area contributed by atoms with Crippen molar-refractivity contribution in [3.8, 4) is 0 Å². The zero-order chi connectivity index (χ0) is 19.4. The molecule has 1 amide bonds. The van der Waals surface area contributed by atoms with Crippen molar-refractivity contribution in [3.63, 3.8) is 0 Å². The largest absolute Gasteiger partial charge is 0.477 e. The standard InChI is InChI=1S/C18H17N7O3/c1-7-8-2-3-11(21-17(26)12-5-13(18(27)28)20-6-19-12)9(8)4-10-14(7)15(10)16-22-24-25-23-16/h4-6,10-11,14-15H,2-3H2,1H3,(H,21,26)(H,27,28)(H,22,23,24,25)/t10?,11-,14+,15-/m0/s1. The summed E-state index contributed by atoms with van der Waals surface area (Å²) in [6.45, 7) is 2.15. The van der Waals surface area contributed by atoms with Gasteiger partial charge >= 0.3 is 5.97 Å². The lowest BCUT2D eigenvalue weighted by Crippen LogP contribution is -2.35. The third-order valence-electron chi connectivity index (χ3n) is 5.91. The van der Waals surface area contributed by atoms with Crippen molar-refractivity contribution in [3.05, 3.63) is 52.4 Å². The first kappa shape index (κ1) is 16.7. The second-order valence-electron chi connectivity index (χ2n) is 7.34. The van der Waals surface area contributed by atoms with Crippen molar-refractivity contribution < 1.29 is 14.7 Å². The highest BCUT2D eigenvalue weighted by atomic mass is 16.4. The summed E-state index contributed by atoms with van der Waals surface area (Å²) in [4.78, 5) is 31.2. The minimum atomic E-state index is -1.19. The molecule has 0 saturated heterocycles. The fraction of sp³-hybridized carbons (Fsp3) is 0.389. The number of hydrogen-bond donors (Lipinski definition) is 3. The average molecular weight is 379 g/mol. The highest BCUT2D eigenvalue weighted by molar-refractivity contribution is 5.95. The lowest BCUT2D eigenvalue weighted by molar-refractivity contribution is 0.0690. The molecule has 5 rings (SSSR count). The monoisotopic (exact) mass is 379 g/mol.